The lowest BCUT2D eigenvalue weighted by Gasteiger charge is -2.23. The molecule has 2 aromatic rings. The minimum Gasteiger partial charge on any atom is -0.299 e. The Labute approximate surface area is 162 Å². The van der Waals surface area contributed by atoms with Gasteiger partial charge in [0, 0.05) is 19.6 Å². The first-order valence-electron chi connectivity index (χ1n) is 9.97. The van der Waals surface area contributed by atoms with Crippen molar-refractivity contribution >= 4 is 10.0 Å². The Morgan fingerprint density at radius 1 is 0.889 bits per heavy atom. The van der Waals surface area contributed by atoms with Crippen LogP contribution in [0.2, 0.25) is 0 Å². The van der Waals surface area contributed by atoms with Crippen molar-refractivity contribution in [2.45, 2.75) is 43.7 Å². The molecule has 0 N–H and O–H groups in total. The van der Waals surface area contributed by atoms with Gasteiger partial charge in [-0.05, 0) is 68.0 Å². The molecule has 2 aromatic carbocycles. The lowest BCUT2D eigenvalue weighted by Crippen LogP contribution is -2.32. The first kappa shape index (κ1) is 18.7. The van der Waals surface area contributed by atoms with Crippen molar-refractivity contribution in [2.24, 2.45) is 5.92 Å². The van der Waals surface area contributed by atoms with Crippen LogP contribution in [0.1, 0.15) is 36.8 Å². The quantitative estimate of drug-likeness (QED) is 0.693. The SMILES string of the molecule is O=S(=O)(c1ccc(CN2CCCC2)cc1)N(Cc1ccccc1)CC1CC1. The van der Waals surface area contributed by atoms with E-state index in [0.717, 1.165) is 38.0 Å². The normalized spacial score (nSPS) is 18.3. The third-order valence-corrected chi connectivity index (χ3v) is 7.35. The van der Waals surface area contributed by atoms with E-state index < -0.39 is 10.0 Å². The molecule has 0 amide bonds. The van der Waals surface area contributed by atoms with Gasteiger partial charge >= 0.3 is 0 Å². The number of benzene rings is 2. The van der Waals surface area contributed by atoms with E-state index in [-0.39, 0.29) is 0 Å². The second-order valence-corrected chi connectivity index (χ2v) is 9.79. The Bertz CT molecular complexity index is 840. The summed E-state index contributed by atoms with van der Waals surface area (Å²) in [4.78, 5) is 2.84. The molecule has 1 aliphatic carbocycles. The maximum Gasteiger partial charge on any atom is 0.243 e. The highest BCUT2D eigenvalue weighted by atomic mass is 32.2. The van der Waals surface area contributed by atoms with E-state index in [9.17, 15) is 8.42 Å². The maximum absolute atomic E-state index is 13.3. The van der Waals surface area contributed by atoms with E-state index >= 15 is 0 Å². The van der Waals surface area contributed by atoms with Crippen LogP contribution in [0.25, 0.3) is 0 Å². The molecule has 0 unspecified atom stereocenters. The van der Waals surface area contributed by atoms with Crippen molar-refractivity contribution in [3.63, 3.8) is 0 Å². The number of hydrogen-bond acceptors (Lipinski definition) is 3. The predicted octanol–water partition coefficient (Wildman–Crippen LogP) is 3.88. The molecule has 0 aromatic heterocycles. The molecule has 4 rings (SSSR count). The van der Waals surface area contributed by atoms with E-state index in [1.165, 1.54) is 18.4 Å². The number of rotatable bonds is 8. The van der Waals surface area contributed by atoms with Gasteiger partial charge in [-0.15, -0.1) is 0 Å². The second kappa shape index (κ2) is 8.13. The molecule has 0 bridgehead atoms. The van der Waals surface area contributed by atoms with Gasteiger partial charge in [0.2, 0.25) is 10.0 Å². The van der Waals surface area contributed by atoms with Gasteiger partial charge in [0.1, 0.15) is 0 Å². The zero-order valence-electron chi connectivity index (χ0n) is 15.8. The van der Waals surface area contributed by atoms with Gasteiger partial charge in [0.05, 0.1) is 4.90 Å². The van der Waals surface area contributed by atoms with Crippen LogP contribution >= 0.6 is 0 Å². The Morgan fingerprint density at radius 3 is 2.19 bits per heavy atom. The molecule has 144 valence electrons. The first-order chi connectivity index (χ1) is 13.1. The van der Waals surface area contributed by atoms with Gasteiger partial charge in [0.25, 0.3) is 0 Å². The van der Waals surface area contributed by atoms with Gasteiger partial charge < -0.3 is 0 Å². The summed E-state index contributed by atoms with van der Waals surface area (Å²) in [5, 5.41) is 0. The van der Waals surface area contributed by atoms with Crippen LogP contribution in [0.15, 0.2) is 59.5 Å². The van der Waals surface area contributed by atoms with E-state index in [1.54, 1.807) is 16.4 Å². The minimum atomic E-state index is -3.48. The van der Waals surface area contributed by atoms with Gasteiger partial charge in [0.15, 0.2) is 0 Å². The van der Waals surface area contributed by atoms with Crippen molar-refractivity contribution in [2.75, 3.05) is 19.6 Å². The monoisotopic (exact) mass is 384 g/mol. The third kappa shape index (κ3) is 4.78. The molecule has 1 saturated carbocycles. The van der Waals surface area contributed by atoms with Crippen LogP contribution in [0, 0.1) is 5.92 Å². The van der Waals surface area contributed by atoms with Crippen molar-refractivity contribution in [1.82, 2.24) is 9.21 Å². The molecule has 1 heterocycles. The fourth-order valence-corrected chi connectivity index (χ4v) is 5.24. The molecule has 0 atom stereocenters. The number of likely N-dealkylation sites (tertiary alicyclic amines) is 1. The van der Waals surface area contributed by atoms with Crippen molar-refractivity contribution in [3.8, 4) is 0 Å². The smallest absolute Gasteiger partial charge is 0.243 e. The zero-order chi connectivity index (χ0) is 18.7. The van der Waals surface area contributed by atoms with E-state index in [2.05, 4.69) is 4.90 Å². The Hall–Kier alpha value is -1.69. The average molecular weight is 385 g/mol. The van der Waals surface area contributed by atoms with Crippen LogP contribution in [0.5, 0.6) is 0 Å². The molecule has 2 fully saturated rings. The average Bonchev–Trinajstić information content (AvgIpc) is 3.36. The molecule has 4 nitrogen and oxygen atoms in total. The Morgan fingerprint density at radius 2 is 1.56 bits per heavy atom. The minimum absolute atomic E-state index is 0.407. The largest absolute Gasteiger partial charge is 0.299 e. The molecule has 0 radical (unpaired) electrons. The van der Waals surface area contributed by atoms with Gasteiger partial charge in [-0.1, -0.05) is 42.5 Å². The van der Waals surface area contributed by atoms with Crippen molar-refractivity contribution in [3.05, 3.63) is 65.7 Å². The molecule has 2 aliphatic rings. The highest BCUT2D eigenvalue weighted by Crippen LogP contribution is 2.32. The summed E-state index contributed by atoms with van der Waals surface area (Å²) >= 11 is 0. The summed E-state index contributed by atoms with van der Waals surface area (Å²) in [7, 11) is -3.48. The molecule has 27 heavy (non-hydrogen) atoms. The molecular formula is C22H28N2O2S. The number of nitrogens with zero attached hydrogens (tertiary/aromatic N) is 2. The summed E-state index contributed by atoms with van der Waals surface area (Å²) in [6, 6.07) is 17.4. The topological polar surface area (TPSA) is 40.6 Å². The Kier molecular flexibility index (Phi) is 5.62. The van der Waals surface area contributed by atoms with Crippen LogP contribution in [0.4, 0.5) is 0 Å². The van der Waals surface area contributed by atoms with Crippen LogP contribution < -0.4 is 0 Å². The first-order valence-corrected chi connectivity index (χ1v) is 11.4. The van der Waals surface area contributed by atoms with Crippen LogP contribution in [0.3, 0.4) is 0 Å². The van der Waals surface area contributed by atoms with Crippen LogP contribution in [-0.4, -0.2) is 37.3 Å². The molecule has 5 heteroatoms. The summed E-state index contributed by atoms with van der Waals surface area (Å²) in [6.07, 6.45) is 4.80. The maximum atomic E-state index is 13.3. The molecule has 1 aliphatic heterocycles. The standard InChI is InChI=1S/C22H28N2O2S/c25-27(26,22-12-10-20(11-13-22)16-23-14-4-5-15-23)24(18-21-8-9-21)17-19-6-2-1-3-7-19/h1-3,6-7,10-13,21H,4-5,8-9,14-18H2. The number of sulfonamides is 1. The van der Waals surface area contributed by atoms with Gasteiger partial charge in [-0.2, -0.15) is 4.31 Å². The molecule has 1 saturated heterocycles. The number of hydrogen-bond donors (Lipinski definition) is 0. The highest BCUT2D eigenvalue weighted by molar-refractivity contribution is 7.89. The molecule has 0 spiro atoms. The predicted molar refractivity (Wildman–Crippen MR) is 108 cm³/mol. The fourth-order valence-electron chi connectivity index (χ4n) is 3.74. The van der Waals surface area contributed by atoms with Crippen molar-refractivity contribution < 1.29 is 8.42 Å². The molecular weight excluding hydrogens is 356 g/mol. The van der Waals surface area contributed by atoms with Gasteiger partial charge in [-0.25, -0.2) is 8.42 Å². The lowest BCUT2D eigenvalue weighted by atomic mass is 10.2. The van der Waals surface area contributed by atoms with Crippen LogP contribution in [-0.2, 0) is 23.1 Å². The summed E-state index contributed by atoms with van der Waals surface area (Å²) in [5.41, 5.74) is 2.22. The summed E-state index contributed by atoms with van der Waals surface area (Å²) < 4.78 is 28.2. The van der Waals surface area contributed by atoms with E-state index in [0.29, 0.717) is 23.9 Å². The summed E-state index contributed by atoms with van der Waals surface area (Å²) in [5.74, 6) is 0.512. The lowest BCUT2D eigenvalue weighted by molar-refractivity contribution is 0.331. The van der Waals surface area contributed by atoms with Gasteiger partial charge in [-0.3, -0.25) is 4.90 Å². The van der Waals surface area contributed by atoms with E-state index in [1.807, 2.05) is 42.5 Å². The fraction of sp³-hybridized carbons (Fsp3) is 0.455. The second-order valence-electron chi connectivity index (χ2n) is 7.85. The Balaban J connectivity index is 1.51. The third-order valence-electron chi connectivity index (χ3n) is 5.53. The highest BCUT2D eigenvalue weighted by Gasteiger charge is 2.31. The zero-order valence-corrected chi connectivity index (χ0v) is 16.6. The van der Waals surface area contributed by atoms with E-state index in [4.69, 9.17) is 0 Å². The van der Waals surface area contributed by atoms with Crippen molar-refractivity contribution in [1.29, 1.82) is 0 Å². The summed E-state index contributed by atoms with van der Waals surface area (Å²) in [6.45, 7) is 4.26.